The normalized spacial score (nSPS) is 16.2. The van der Waals surface area contributed by atoms with Crippen molar-refractivity contribution in [1.29, 1.82) is 0 Å². The Balaban J connectivity index is 1.74. The van der Waals surface area contributed by atoms with Gasteiger partial charge in [-0.05, 0) is 51.4 Å². The third-order valence-corrected chi connectivity index (χ3v) is 3.84. The van der Waals surface area contributed by atoms with E-state index in [9.17, 15) is 4.79 Å². The number of aryl methyl sites for hydroxylation is 1. The summed E-state index contributed by atoms with van der Waals surface area (Å²) in [4.78, 5) is 14.0. The quantitative estimate of drug-likeness (QED) is 0.892. The largest absolute Gasteiger partial charge is 0.484 e. The minimum atomic E-state index is 0.0912. The number of rotatable bonds is 5. The Morgan fingerprint density at radius 3 is 2.55 bits per heavy atom. The molecule has 1 heterocycles. The summed E-state index contributed by atoms with van der Waals surface area (Å²) in [6, 6.07) is 7.79. The Kier molecular flexibility index (Phi) is 5.41. The van der Waals surface area contributed by atoms with Crippen LogP contribution in [0.4, 0.5) is 0 Å². The molecule has 0 aliphatic carbocycles. The second kappa shape index (κ2) is 7.29. The zero-order valence-electron chi connectivity index (χ0n) is 12.4. The molecule has 4 nitrogen and oxygen atoms in total. The standard InChI is InChI=1S/C16H24N2O2/c1-13-3-5-15(6-4-13)20-12-16(19)18-9-7-14(8-10-18)11-17-2/h3-6,14,17H,7-12H2,1-2H3. The fourth-order valence-electron chi connectivity index (χ4n) is 2.55. The number of hydrogen-bond acceptors (Lipinski definition) is 3. The highest BCUT2D eigenvalue weighted by Gasteiger charge is 2.22. The van der Waals surface area contributed by atoms with Gasteiger partial charge in [0, 0.05) is 13.1 Å². The summed E-state index contributed by atoms with van der Waals surface area (Å²) < 4.78 is 5.55. The van der Waals surface area contributed by atoms with Gasteiger partial charge in [0.1, 0.15) is 5.75 Å². The first-order valence-electron chi connectivity index (χ1n) is 7.31. The number of piperidine rings is 1. The summed E-state index contributed by atoms with van der Waals surface area (Å²) >= 11 is 0. The van der Waals surface area contributed by atoms with Crippen LogP contribution in [-0.4, -0.2) is 44.1 Å². The number of carbonyl (C=O) groups is 1. The maximum atomic E-state index is 12.1. The number of nitrogens with one attached hydrogen (secondary N) is 1. The Bertz CT molecular complexity index is 423. The SMILES string of the molecule is CNCC1CCN(C(=O)COc2ccc(C)cc2)CC1. The van der Waals surface area contributed by atoms with Crippen LogP contribution in [0.3, 0.4) is 0 Å². The van der Waals surface area contributed by atoms with Crippen molar-refractivity contribution >= 4 is 5.91 Å². The minimum Gasteiger partial charge on any atom is -0.484 e. The van der Waals surface area contributed by atoms with E-state index < -0.39 is 0 Å². The van der Waals surface area contributed by atoms with E-state index in [1.807, 2.05) is 43.1 Å². The Hall–Kier alpha value is -1.55. The van der Waals surface area contributed by atoms with Crippen molar-refractivity contribution < 1.29 is 9.53 Å². The maximum Gasteiger partial charge on any atom is 0.260 e. The molecule has 110 valence electrons. The average molecular weight is 276 g/mol. The lowest BCUT2D eigenvalue weighted by Crippen LogP contribution is -2.42. The number of amides is 1. The first-order chi connectivity index (χ1) is 9.69. The van der Waals surface area contributed by atoms with Crippen LogP contribution in [-0.2, 0) is 4.79 Å². The highest BCUT2D eigenvalue weighted by atomic mass is 16.5. The van der Waals surface area contributed by atoms with E-state index in [4.69, 9.17) is 4.74 Å². The lowest BCUT2D eigenvalue weighted by molar-refractivity contribution is -0.134. The second-order valence-electron chi connectivity index (χ2n) is 5.48. The van der Waals surface area contributed by atoms with E-state index in [2.05, 4.69) is 5.32 Å². The van der Waals surface area contributed by atoms with E-state index >= 15 is 0 Å². The molecular formula is C16H24N2O2. The van der Waals surface area contributed by atoms with Gasteiger partial charge in [0.25, 0.3) is 5.91 Å². The van der Waals surface area contributed by atoms with Crippen LogP contribution in [0.15, 0.2) is 24.3 Å². The first-order valence-corrected chi connectivity index (χ1v) is 7.31. The Morgan fingerprint density at radius 1 is 1.30 bits per heavy atom. The van der Waals surface area contributed by atoms with Gasteiger partial charge in [-0.3, -0.25) is 4.79 Å². The van der Waals surface area contributed by atoms with Crippen molar-refractivity contribution in [2.75, 3.05) is 33.3 Å². The fraction of sp³-hybridized carbons (Fsp3) is 0.562. The molecule has 1 N–H and O–H groups in total. The van der Waals surface area contributed by atoms with Gasteiger partial charge >= 0.3 is 0 Å². The van der Waals surface area contributed by atoms with E-state index in [-0.39, 0.29) is 12.5 Å². The fourth-order valence-corrected chi connectivity index (χ4v) is 2.55. The van der Waals surface area contributed by atoms with Crippen molar-refractivity contribution in [2.45, 2.75) is 19.8 Å². The van der Waals surface area contributed by atoms with Crippen LogP contribution in [0.5, 0.6) is 5.75 Å². The van der Waals surface area contributed by atoms with Gasteiger partial charge in [0.2, 0.25) is 0 Å². The zero-order valence-corrected chi connectivity index (χ0v) is 12.4. The topological polar surface area (TPSA) is 41.6 Å². The molecule has 1 aliphatic rings. The van der Waals surface area contributed by atoms with Gasteiger partial charge in [-0.25, -0.2) is 0 Å². The molecule has 1 saturated heterocycles. The number of likely N-dealkylation sites (tertiary alicyclic amines) is 1. The third kappa shape index (κ3) is 4.23. The molecule has 1 fully saturated rings. The van der Waals surface area contributed by atoms with Crippen LogP contribution in [0.1, 0.15) is 18.4 Å². The summed E-state index contributed by atoms with van der Waals surface area (Å²) in [6.07, 6.45) is 2.16. The lowest BCUT2D eigenvalue weighted by atomic mass is 9.97. The molecule has 0 aromatic heterocycles. The van der Waals surface area contributed by atoms with Gasteiger partial charge in [0.15, 0.2) is 6.61 Å². The van der Waals surface area contributed by atoms with Crippen molar-refractivity contribution in [3.05, 3.63) is 29.8 Å². The van der Waals surface area contributed by atoms with Crippen LogP contribution >= 0.6 is 0 Å². The number of nitrogens with zero attached hydrogens (tertiary/aromatic N) is 1. The van der Waals surface area contributed by atoms with Crippen LogP contribution in [0, 0.1) is 12.8 Å². The molecule has 1 aromatic carbocycles. The van der Waals surface area contributed by atoms with E-state index in [0.717, 1.165) is 38.2 Å². The molecule has 0 spiro atoms. The molecule has 1 aliphatic heterocycles. The summed E-state index contributed by atoms with van der Waals surface area (Å²) in [5.74, 6) is 1.55. The molecule has 20 heavy (non-hydrogen) atoms. The smallest absolute Gasteiger partial charge is 0.260 e. The molecule has 0 saturated carbocycles. The van der Waals surface area contributed by atoms with E-state index in [0.29, 0.717) is 5.92 Å². The predicted molar refractivity (Wildman–Crippen MR) is 79.9 cm³/mol. The van der Waals surface area contributed by atoms with Crippen LogP contribution in [0.25, 0.3) is 0 Å². The van der Waals surface area contributed by atoms with Crippen molar-refractivity contribution in [3.8, 4) is 5.75 Å². The monoisotopic (exact) mass is 276 g/mol. The van der Waals surface area contributed by atoms with Gasteiger partial charge in [-0.15, -0.1) is 0 Å². The van der Waals surface area contributed by atoms with E-state index in [1.54, 1.807) is 0 Å². The van der Waals surface area contributed by atoms with Crippen LogP contribution < -0.4 is 10.1 Å². The van der Waals surface area contributed by atoms with Gasteiger partial charge < -0.3 is 15.0 Å². The third-order valence-electron chi connectivity index (χ3n) is 3.84. The molecule has 0 bridgehead atoms. The molecule has 1 aromatic rings. The number of carbonyl (C=O) groups excluding carboxylic acids is 1. The number of benzene rings is 1. The molecule has 0 atom stereocenters. The predicted octanol–water partition coefficient (Wildman–Crippen LogP) is 1.83. The highest BCUT2D eigenvalue weighted by molar-refractivity contribution is 5.77. The zero-order chi connectivity index (χ0) is 14.4. The maximum absolute atomic E-state index is 12.1. The minimum absolute atomic E-state index is 0.0912. The molecule has 0 radical (unpaired) electrons. The van der Waals surface area contributed by atoms with Gasteiger partial charge in [0.05, 0.1) is 0 Å². The first kappa shape index (κ1) is 14.9. The molecule has 0 unspecified atom stereocenters. The van der Waals surface area contributed by atoms with Gasteiger partial charge in [-0.1, -0.05) is 17.7 Å². The second-order valence-corrected chi connectivity index (χ2v) is 5.48. The summed E-state index contributed by atoms with van der Waals surface area (Å²) in [7, 11) is 1.98. The number of hydrogen-bond donors (Lipinski definition) is 1. The van der Waals surface area contributed by atoms with Gasteiger partial charge in [-0.2, -0.15) is 0 Å². The molecule has 2 rings (SSSR count). The van der Waals surface area contributed by atoms with Crippen molar-refractivity contribution in [2.24, 2.45) is 5.92 Å². The highest BCUT2D eigenvalue weighted by Crippen LogP contribution is 2.17. The van der Waals surface area contributed by atoms with Crippen LogP contribution in [0.2, 0.25) is 0 Å². The summed E-state index contributed by atoms with van der Waals surface area (Å²) in [6.45, 7) is 4.91. The van der Waals surface area contributed by atoms with Crippen molar-refractivity contribution in [3.63, 3.8) is 0 Å². The Morgan fingerprint density at radius 2 is 1.95 bits per heavy atom. The van der Waals surface area contributed by atoms with Crippen molar-refractivity contribution in [1.82, 2.24) is 10.2 Å². The molecular weight excluding hydrogens is 252 g/mol. The summed E-state index contributed by atoms with van der Waals surface area (Å²) in [5, 5.41) is 3.20. The lowest BCUT2D eigenvalue weighted by Gasteiger charge is -2.31. The molecule has 4 heteroatoms. The number of ether oxygens (including phenoxy) is 1. The average Bonchev–Trinajstić information content (AvgIpc) is 2.47. The molecule has 1 amide bonds. The summed E-state index contributed by atoms with van der Waals surface area (Å²) in [5.41, 5.74) is 1.19. The van der Waals surface area contributed by atoms with E-state index in [1.165, 1.54) is 5.56 Å². The Labute approximate surface area is 121 Å².